The van der Waals surface area contributed by atoms with Crippen LogP contribution in [0.3, 0.4) is 0 Å². The zero-order chi connectivity index (χ0) is 34.4. The number of hydrogen-bond acceptors (Lipinski definition) is 6. The maximum absolute atomic E-state index is 14.2. The number of urea groups is 1. The minimum atomic E-state index is -1.22. The van der Waals surface area contributed by atoms with Gasteiger partial charge in [-0.25, -0.2) is 9.59 Å². The summed E-state index contributed by atoms with van der Waals surface area (Å²) >= 11 is 0. The fourth-order valence-electron chi connectivity index (χ4n) is 5.42. The molecule has 0 aromatic heterocycles. The van der Waals surface area contributed by atoms with E-state index in [4.69, 9.17) is 4.74 Å². The van der Waals surface area contributed by atoms with Crippen LogP contribution in [0.1, 0.15) is 52.6 Å². The molecule has 0 saturated carbocycles. The zero-order valence-electron chi connectivity index (χ0n) is 27.4. The first-order chi connectivity index (χ1) is 22.9. The number of para-hydroxylation sites is 2. The van der Waals surface area contributed by atoms with Crippen LogP contribution in [-0.4, -0.2) is 48.7 Å². The molecule has 0 spiro atoms. The molecule has 1 unspecified atom stereocenters. The van der Waals surface area contributed by atoms with Crippen LogP contribution in [0.5, 0.6) is 0 Å². The lowest BCUT2D eigenvalue weighted by Crippen LogP contribution is -2.55. The smallest absolute Gasteiger partial charge is 0.338 e. The number of Topliss-reactive ketones (excluding diaryl/α,β-unsaturated/α-hetero) is 1. The third-order valence-electron chi connectivity index (χ3n) is 7.90. The maximum atomic E-state index is 14.2. The number of ether oxygens (including phenoxy) is 1. The lowest BCUT2D eigenvalue weighted by Gasteiger charge is -2.30. The highest BCUT2D eigenvalue weighted by atomic mass is 16.5. The van der Waals surface area contributed by atoms with E-state index in [0.29, 0.717) is 22.6 Å². The third kappa shape index (κ3) is 7.78. The summed E-state index contributed by atoms with van der Waals surface area (Å²) < 4.78 is 5.42. The number of fused-ring (bicyclic) bond motifs is 1. The van der Waals surface area contributed by atoms with E-state index in [-0.39, 0.29) is 37.0 Å². The minimum Gasteiger partial charge on any atom is -0.457 e. The lowest BCUT2D eigenvalue weighted by molar-refractivity contribution is -0.126. The number of benzene rings is 4. The van der Waals surface area contributed by atoms with E-state index >= 15 is 0 Å². The van der Waals surface area contributed by atoms with Crippen molar-refractivity contribution in [3.05, 3.63) is 125 Å². The van der Waals surface area contributed by atoms with Gasteiger partial charge in [-0.05, 0) is 48.4 Å². The lowest BCUT2D eigenvalue weighted by atomic mass is 9.94. The summed E-state index contributed by atoms with van der Waals surface area (Å²) in [4.78, 5) is 70.5. The average Bonchev–Trinajstić information content (AvgIpc) is 3.18. The predicted molar refractivity (Wildman–Crippen MR) is 184 cm³/mol. The van der Waals surface area contributed by atoms with Crippen LogP contribution in [0, 0.1) is 12.3 Å². The number of aryl methyl sites for hydroxylation is 1. The first-order valence-electron chi connectivity index (χ1n) is 15.6. The number of carbonyl (C=O) groups is 5. The molecule has 0 aliphatic carbocycles. The van der Waals surface area contributed by atoms with Gasteiger partial charge in [0.1, 0.15) is 12.6 Å². The highest BCUT2D eigenvalue weighted by Gasteiger charge is 2.40. The van der Waals surface area contributed by atoms with Gasteiger partial charge in [-0.3, -0.25) is 14.4 Å². The SMILES string of the molecule is Cc1ccccc1C(=O)CN1C(=O)C(NC(=O)Nc2cccc(C(=O)OCc3ccccc3)c2)CN(C(=O)C(C)(C)C)c2ccccc21. The number of anilines is 3. The number of rotatable bonds is 8. The molecule has 48 heavy (non-hydrogen) atoms. The molecule has 1 aliphatic rings. The van der Waals surface area contributed by atoms with Crippen molar-refractivity contribution in [2.75, 3.05) is 28.2 Å². The van der Waals surface area contributed by atoms with E-state index in [1.54, 1.807) is 75.4 Å². The summed E-state index contributed by atoms with van der Waals surface area (Å²) in [5.41, 5.74) is 2.62. The van der Waals surface area contributed by atoms with Crippen molar-refractivity contribution in [2.24, 2.45) is 5.41 Å². The first-order valence-corrected chi connectivity index (χ1v) is 15.6. The van der Waals surface area contributed by atoms with E-state index in [9.17, 15) is 24.0 Å². The predicted octanol–water partition coefficient (Wildman–Crippen LogP) is 6.15. The van der Waals surface area contributed by atoms with E-state index in [2.05, 4.69) is 10.6 Å². The molecule has 4 amide bonds. The van der Waals surface area contributed by atoms with Gasteiger partial charge in [0.05, 0.1) is 30.0 Å². The standard InChI is InChI=1S/C38H38N4O6/c1-25-13-8-9-18-29(25)33(43)23-41-31-19-10-11-20-32(31)42(36(46)38(2,3)4)22-30(34(41)44)40-37(47)39-28-17-12-16-27(21-28)35(45)48-24-26-14-6-5-7-15-26/h5-21,30H,22-24H2,1-4H3,(H2,39,40,47). The van der Waals surface area contributed by atoms with Crippen LogP contribution in [0.2, 0.25) is 0 Å². The Kier molecular flexibility index (Phi) is 10.0. The molecule has 5 rings (SSSR count). The number of ketones is 1. The van der Waals surface area contributed by atoms with Gasteiger partial charge in [0.15, 0.2) is 5.78 Å². The number of nitrogens with zero attached hydrogens (tertiary/aromatic N) is 2. The summed E-state index contributed by atoms with van der Waals surface area (Å²) in [7, 11) is 0. The van der Waals surface area contributed by atoms with Crippen LogP contribution >= 0.6 is 0 Å². The molecular weight excluding hydrogens is 608 g/mol. The molecule has 4 aromatic rings. The largest absolute Gasteiger partial charge is 0.457 e. The van der Waals surface area contributed by atoms with Crippen LogP contribution in [0.4, 0.5) is 21.9 Å². The Labute approximate surface area is 279 Å². The van der Waals surface area contributed by atoms with Crippen LogP contribution < -0.4 is 20.4 Å². The van der Waals surface area contributed by atoms with Crippen LogP contribution in [0.15, 0.2) is 103 Å². The quantitative estimate of drug-likeness (QED) is 0.175. The molecule has 1 aliphatic heterocycles. The topological polar surface area (TPSA) is 125 Å². The fraction of sp³-hybridized carbons (Fsp3) is 0.237. The van der Waals surface area contributed by atoms with Crippen molar-refractivity contribution in [3.8, 4) is 0 Å². The number of esters is 1. The summed E-state index contributed by atoms with van der Waals surface area (Å²) in [6.45, 7) is 6.77. The minimum absolute atomic E-state index is 0.0939. The Bertz CT molecular complexity index is 1850. The van der Waals surface area contributed by atoms with Gasteiger partial charge < -0.3 is 25.2 Å². The number of nitrogens with one attached hydrogen (secondary N) is 2. The second kappa shape index (κ2) is 14.3. The maximum Gasteiger partial charge on any atom is 0.338 e. The van der Waals surface area contributed by atoms with Crippen molar-refractivity contribution < 1.29 is 28.7 Å². The van der Waals surface area contributed by atoms with E-state index in [1.165, 1.54) is 15.9 Å². The molecule has 0 saturated heterocycles. The molecule has 0 fully saturated rings. The first kappa shape index (κ1) is 33.6. The highest BCUT2D eigenvalue weighted by Crippen LogP contribution is 2.35. The summed E-state index contributed by atoms with van der Waals surface area (Å²) in [6, 6.07) is 27.6. The van der Waals surface area contributed by atoms with Gasteiger partial charge in [-0.2, -0.15) is 0 Å². The van der Waals surface area contributed by atoms with Crippen LogP contribution in [0.25, 0.3) is 0 Å². The van der Waals surface area contributed by atoms with Crippen LogP contribution in [-0.2, 0) is 20.9 Å². The second-order valence-electron chi connectivity index (χ2n) is 12.6. The molecule has 10 nitrogen and oxygen atoms in total. The normalized spacial score (nSPS) is 14.4. The van der Waals surface area contributed by atoms with Crippen molar-refractivity contribution in [1.82, 2.24) is 5.32 Å². The van der Waals surface area contributed by atoms with Crippen molar-refractivity contribution >= 4 is 46.7 Å². The van der Waals surface area contributed by atoms with Crippen molar-refractivity contribution in [1.29, 1.82) is 0 Å². The molecule has 1 heterocycles. The fourth-order valence-corrected chi connectivity index (χ4v) is 5.42. The van der Waals surface area contributed by atoms with Gasteiger partial charge >= 0.3 is 12.0 Å². The van der Waals surface area contributed by atoms with Gasteiger partial charge in [0.25, 0.3) is 5.91 Å². The van der Waals surface area contributed by atoms with E-state index < -0.39 is 29.4 Å². The second-order valence-corrected chi connectivity index (χ2v) is 12.6. The number of amides is 4. The Morgan fingerprint density at radius 3 is 2.21 bits per heavy atom. The molecule has 0 radical (unpaired) electrons. The zero-order valence-corrected chi connectivity index (χ0v) is 27.4. The van der Waals surface area contributed by atoms with E-state index in [1.807, 2.05) is 49.4 Å². The van der Waals surface area contributed by atoms with E-state index in [0.717, 1.165) is 11.1 Å². The Morgan fingerprint density at radius 1 is 0.833 bits per heavy atom. The Morgan fingerprint density at radius 2 is 1.50 bits per heavy atom. The molecule has 0 bridgehead atoms. The summed E-state index contributed by atoms with van der Waals surface area (Å²) in [6.07, 6.45) is 0. The Balaban J connectivity index is 1.39. The van der Waals surface area contributed by atoms with Gasteiger partial charge in [-0.1, -0.05) is 93.6 Å². The highest BCUT2D eigenvalue weighted by molar-refractivity contribution is 6.13. The monoisotopic (exact) mass is 646 g/mol. The molecular formula is C38H38N4O6. The molecule has 2 N–H and O–H groups in total. The van der Waals surface area contributed by atoms with Crippen molar-refractivity contribution in [3.63, 3.8) is 0 Å². The van der Waals surface area contributed by atoms with Gasteiger partial charge in [-0.15, -0.1) is 0 Å². The molecule has 1 atom stereocenters. The van der Waals surface area contributed by atoms with Gasteiger partial charge in [0, 0.05) is 16.7 Å². The molecule has 246 valence electrons. The van der Waals surface area contributed by atoms with Crippen molar-refractivity contribution in [2.45, 2.75) is 40.3 Å². The molecule has 4 aromatic carbocycles. The summed E-state index contributed by atoms with van der Waals surface area (Å²) in [5, 5.41) is 5.40. The number of carbonyl (C=O) groups excluding carboxylic acids is 5. The molecule has 10 heteroatoms. The Hall–Kier alpha value is -5.77. The third-order valence-corrected chi connectivity index (χ3v) is 7.90. The average molecular weight is 647 g/mol. The summed E-state index contributed by atoms with van der Waals surface area (Å²) in [5.74, 6) is -1.67. The number of hydrogen-bond donors (Lipinski definition) is 2. The van der Waals surface area contributed by atoms with Gasteiger partial charge in [0.2, 0.25) is 5.91 Å².